The van der Waals surface area contributed by atoms with Crippen LogP contribution in [0.15, 0.2) is 48.5 Å². The van der Waals surface area contributed by atoms with Crippen LogP contribution in [-0.2, 0) is 12.0 Å². The molecule has 0 amide bonds. The molecule has 0 saturated heterocycles. The highest BCUT2D eigenvalue weighted by Gasteiger charge is 2.44. The van der Waals surface area contributed by atoms with E-state index in [4.69, 9.17) is 4.74 Å². The fourth-order valence-electron chi connectivity index (χ4n) is 3.78. The Bertz CT molecular complexity index is 683. The van der Waals surface area contributed by atoms with Gasteiger partial charge in [-0.25, -0.2) is 0 Å². The first-order valence-corrected chi connectivity index (χ1v) is 8.15. The predicted octanol–water partition coefficient (Wildman–Crippen LogP) is 3.06. The molecule has 0 spiro atoms. The number of methoxy groups -OCH3 is 1. The molecule has 0 radical (unpaired) electrons. The van der Waals surface area contributed by atoms with Gasteiger partial charge in [0.2, 0.25) is 0 Å². The lowest BCUT2D eigenvalue weighted by Gasteiger charge is -2.43. The van der Waals surface area contributed by atoms with E-state index in [2.05, 4.69) is 37.2 Å². The van der Waals surface area contributed by atoms with E-state index in [9.17, 15) is 5.11 Å². The first-order valence-electron chi connectivity index (χ1n) is 8.15. The number of ether oxygens (including phenoxy) is 1. The highest BCUT2D eigenvalue weighted by molar-refractivity contribution is 5.46. The van der Waals surface area contributed by atoms with Crippen LogP contribution in [0.2, 0.25) is 0 Å². The number of aliphatic hydroxyl groups is 1. The molecule has 1 aliphatic carbocycles. The number of hydrogen-bond donors (Lipinski definition) is 1. The van der Waals surface area contributed by atoms with Crippen molar-refractivity contribution in [2.45, 2.75) is 18.4 Å². The maximum absolute atomic E-state index is 11.8. The summed E-state index contributed by atoms with van der Waals surface area (Å²) in [5, 5.41) is 11.8. The van der Waals surface area contributed by atoms with Crippen molar-refractivity contribution in [3.63, 3.8) is 0 Å². The third-order valence-electron chi connectivity index (χ3n) is 4.88. The van der Waals surface area contributed by atoms with E-state index >= 15 is 0 Å². The van der Waals surface area contributed by atoms with Crippen LogP contribution in [0.4, 0.5) is 0 Å². The molecule has 122 valence electrons. The van der Waals surface area contributed by atoms with Crippen LogP contribution >= 0.6 is 0 Å². The fraction of sp³-hybridized carbons (Fsp3) is 0.400. The third-order valence-corrected chi connectivity index (χ3v) is 4.88. The highest BCUT2D eigenvalue weighted by Crippen LogP contribution is 2.45. The van der Waals surface area contributed by atoms with Gasteiger partial charge in [-0.2, -0.15) is 0 Å². The monoisotopic (exact) mass is 311 g/mol. The molecule has 0 aliphatic heterocycles. The van der Waals surface area contributed by atoms with Gasteiger partial charge in [0.1, 0.15) is 11.4 Å². The fourth-order valence-corrected chi connectivity index (χ4v) is 3.78. The minimum Gasteiger partial charge on any atom is -0.497 e. The van der Waals surface area contributed by atoms with E-state index in [0.717, 1.165) is 36.3 Å². The SMILES string of the molecule is COc1cccc(C2(O)c3ccccc3CCC2CN(C)C)c1. The van der Waals surface area contributed by atoms with Crippen LogP contribution in [0.5, 0.6) is 5.75 Å². The first kappa shape index (κ1) is 16.0. The van der Waals surface area contributed by atoms with E-state index in [-0.39, 0.29) is 5.92 Å². The molecule has 1 N–H and O–H groups in total. The van der Waals surface area contributed by atoms with Crippen molar-refractivity contribution < 1.29 is 9.84 Å². The summed E-state index contributed by atoms with van der Waals surface area (Å²) in [5.41, 5.74) is 2.21. The molecule has 0 heterocycles. The Kier molecular flexibility index (Phi) is 4.42. The summed E-state index contributed by atoms with van der Waals surface area (Å²) < 4.78 is 5.37. The largest absolute Gasteiger partial charge is 0.497 e. The van der Waals surface area contributed by atoms with E-state index < -0.39 is 5.60 Å². The van der Waals surface area contributed by atoms with Crippen molar-refractivity contribution in [1.29, 1.82) is 0 Å². The van der Waals surface area contributed by atoms with Gasteiger partial charge >= 0.3 is 0 Å². The second-order valence-corrected chi connectivity index (χ2v) is 6.65. The Balaban J connectivity index is 2.15. The van der Waals surface area contributed by atoms with Crippen molar-refractivity contribution in [2.75, 3.05) is 27.7 Å². The van der Waals surface area contributed by atoms with Gasteiger partial charge in [0.05, 0.1) is 7.11 Å². The average Bonchev–Trinajstić information content (AvgIpc) is 2.57. The van der Waals surface area contributed by atoms with Gasteiger partial charge in [-0.15, -0.1) is 0 Å². The number of hydrogen-bond acceptors (Lipinski definition) is 3. The Hall–Kier alpha value is -1.84. The lowest BCUT2D eigenvalue weighted by molar-refractivity contribution is -0.00651. The molecule has 2 aromatic carbocycles. The molecule has 3 nitrogen and oxygen atoms in total. The molecule has 1 aliphatic rings. The molecular formula is C20H25NO2. The summed E-state index contributed by atoms with van der Waals surface area (Å²) in [4.78, 5) is 2.16. The minimum absolute atomic E-state index is 0.152. The second kappa shape index (κ2) is 6.34. The molecule has 3 rings (SSSR count). The van der Waals surface area contributed by atoms with Crippen LogP contribution in [0.1, 0.15) is 23.1 Å². The average molecular weight is 311 g/mol. The van der Waals surface area contributed by atoms with Crippen LogP contribution in [0.25, 0.3) is 0 Å². The summed E-state index contributed by atoms with van der Waals surface area (Å²) >= 11 is 0. The van der Waals surface area contributed by atoms with E-state index in [1.807, 2.05) is 30.3 Å². The Labute approximate surface area is 138 Å². The van der Waals surface area contributed by atoms with Crippen molar-refractivity contribution in [3.8, 4) is 5.75 Å². The number of benzene rings is 2. The lowest BCUT2D eigenvalue weighted by atomic mass is 9.68. The molecule has 2 unspecified atom stereocenters. The maximum atomic E-state index is 11.8. The van der Waals surface area contributed by atoms with Gasteiger partial charge in [0.15, 0.2) is 0 Å². The van der Waals surface area contributed by atoms with Gasteiger partial charge in [-0.05, 0) is 55.8 Å². The molecule has 0 bridgehead atoms. The summed E-state index contributed by atoms with van der Waals surface area (Å²) in [6.45, 7) is 0.849. The zero-order chi connectivity index (χ0) is 16.4. The molecular weight excluding hydrogens is 286 g/mol. The summed E-state index contributed by atoms with van der Waals surface area (Å²) in [6, 6.07) is 16.1. The predicted molar refractivity (Wildman–Crippen MR) is 92.8 cm³/mol. The number of rotatable bonds is 4. The zero-order valence-electron chi connectivity index (χ0n) is 14.1. The first-order chi connectivity index (χ1) is 11.1. The van der Waals surface area contributed by atoms with Crippen molar-refractivity contribution >= 4 is 0 Å². The van der Waals surface area contributed by atoms with Crippen LogP contribution in [0, 0.1) is 5.92 Å². The topological polar surface area (TPSA) is 32.7 Å². The van der Waals surface area contributed by atoms with E-state index in [1.165, 1.54) is 5.56 Å². The maximum Gasteiger partial charge on any atom is 0.119 e. The van der Waals surface area contributed by atoms with Crippen LogP contribution in [-0.4, -0.2) is 37.8 Å². The van der Waals surface area contributed by atoms with Crippen molar-refractivity contribution in [3.05, 3.63) is 65.2 Å². The Morgan fingerprint density at radius 2 is 1.96 bits per heavy atom. The smallest absolute Gasteiger partial charge is 0.119 e. The molecule has 0 saturated carbocycles. The van der Waals surface area contributed by atoms with Gasteiger partial charge in [-0.1, -0.05) is 36.4 Å². The minimum atomic E-state index is -0.979. The number of nitrogens with zero attached hydrogens (tertiary/aromatic N) is 1. The molecule has 23 heavy (non-hydrogen) atoms. The molecule has 2 atom stereocenters. The highest BCUT2D eigenvalue weighted by atomic mass is 16.5. The summed E-state index contributed by atoms with van der Waals surface area (Å²) in [6.07, 6.45) is 1.99. The Morgan fingerprint density at radius 3 is 2.70 bits per heavy atom. The Morgan fingerprint density at radius 1 is 1.17 bits per heavy atom. The van der Waals surface area contributed by atoms with Gasteiger partial charge in [0.25, 0.3) is 0 Å². The molecule has 3 heteroatoms. The van der Waals surface area contributed by atoms with Gasteiger partial charge < -0.3 is 14.7 Å². The number of fused-ring (bicyclic) bond motifs is 1. The van der Waals surface area contributed by atoms with Crippen LogP contribution in [0.3, 0.4) is 0 Å². The number of aryl methyl sites for hydroxylation is 1. The van der Waals surface area contributed by atoms with Gasteiger partial charge in [0, 0.05) is 12.5 Å². The third kappa shape index (κ3) is 2.87. The zero-order valence-corrected chi connectivity index (χ0v) is 14.1. The molecule has 0 aromatic heterocycles. The van der Waals surface area contributed by atoms with Crippen molar-refractivity contribution in [2.24, 2.45) is 5.92 Å². The van der Waals surface area contributed by atoms with E-state index in [1.54, 1.807) is 7.11 Å². The summed E-state index contributed by atoms with van der Waals surface area (Å²) in [7, 11) is 5.79. The molecule has 2 aromatic rings. The van der Waals surface area contributed by atoms with E-state index in [0.29, 0.717) is 0 Å². The molecule has 0 fully saturated rings. The quantitative estimate of drug-likeness (QED) is 0.942. The lowest BCUT2D eigenvalue weighted by Crippen LogP contribution is -2.45. The second-order valence-electron chi connectivity index (χ2n) is 6.65. The standard InChI is InChI=1S/C20H25NO2/c1-21(2)14-17-12-11-15-7-4-5-10-19(15)20(17,22)16-8-6-9-18(13-16)23-3/h4-10,13,17,22H,11-12,14H2,1-3H3. The summed E-state index contributed by atoms with van der Waals surface area (Å²) in [5.74, 6) is 0.932. The van der Waals surface area contributed by atoms with Crippen LogP contribution < -0.4 is 4.74 Å². The van der Waals surface area contributed by atoms with Gasteiger partial charge in [-0.3, -0.25) is 0 Å². The van der Waals surface area contributed by atoms with Crippen molar-refractivity contribution in [1.82, 2.24) is 4.90 Å². The normalized spacial score (nSPS) is 23.6.